The molecule has 0 aliphatic carbocycles. The number of hydrogen-bond donors (Lipinski definition) is 0. The summed E-state index contributed by atoms with van der Waals surface area (Å²) >= 11 is 0. The van der Waals surface area contributed by atoms with E-state index in [4.69, 9.17) is 10.7 Å². The molecule has 0 bridgehead atoms. The number of carbonyl (C=O) groups excluding carboxylic acids is 1. The van der Waals surface area contributed by atoms with Gasteiger partial charge in [-0.2, -0.15) is 0 Å². The maximum absolute atomic E-state index is 11.0. The van der Waals surface area contributed by atoms with Crippen LogP contribution in [0.15, 0.2) is 21.9 Å². The van der Waals surface area contributed by atoms with Gasteiger partial charge in [0, 0.05) is 10.7 Å². The Labute approximate surface area is 91.7 Å². The first kappa shape index (κ1) is 13.8. The van der Waals surface area contributed by atoms with Crippen molar-refractivity contribution in [1.29, 1.82) is 0 Å². The molecule has 0 aromatic carbocycles. The van der Waals surface area contributed by atoms with Crippen LogP contribution in [0, 0.1) is 0 Å². The van der Waals surface area contributed by atoms with E-state index in [0.29, 0.717) is 0 Å². The zero-order valence-electron chi connectivity index (χ0n) is 8.10. The monoisotopic (exact) mass is 252 g/mol. The van der Waals surface area contributed by atoms with Gasteiger partial charge in [-0.1, -0.05) is 0 Å². The third-order valence-corrected chi connectivity index (χ3v) is 2.71. The Morgan fingerprint density at radius 1 is 1.53 bits per heavy atom. The smallest absolute Gasteiger partial charge is 0.358 e. The van der Waals surface area contributed by atoms with E-state index in [1.165, 1.54) is 0 Å². The van der Waals surface area contributed by atoms with Crippen molar-refractivity contribution in [2.24, 2.45) is 9.98 Å². The van der Waals surface area contributed by atoms with Gasteiger partial charge in [0.15, 0.2) is 5.70 Å². The Kier molecular flexibility index (Phi) is 5.16. The molecule has 8 heteroatoms. The lowest BCUT2D eigenvalue weighted by molar-refractivity contribution is -0.136. The number of carbonyl (C=O) groups is 1. The second kappa shape index (κ2) is 5.62. The molecule has 84 valence electrons. The first-order chi connectivity index (χ1) is 6.82. The molecule has 0 saturated heterocycles. The summed E-state index contributed by atoms with van der Waals surface area (Å²) in [6, 6.07) is 0. The fraction of sp³-hybridized carbons (Fsp3) is 0.286. The van der Waals surface area contributed by atoms with Gasteiger partial charge in [-0.3, -0.25) is 4.99 Å². The molecule has 0 atom stereocenters. The zero-order valence-corrected chi connectivity index (χ0v) is 9.67. The summed E-state index contributed by atoms with van der Waals surface area (Å²) in [7, 11) is 2.17. The predicted molar refractivity (Wildman–Crippen MR) is 57.5 cm³/mol. The second-order valence-corrected chi connectivity index (χ2v) is 4.94. The van der Waals surface area contributed by atoms with E-state index in [-0.39, 0.29) is 5.70 Å². The molecule has 0 N–H and O–H groups in total. The van der Waals surface area contributed by atoms with E-state index in [2.05, 4.69) is 21.4 Å². The molecule has 0 fully saturated rings. The molecule has 15 heavy (non-hydrogen) atoms. The number of rotatable bonds is 3. The maximum Gasteiger partial charge on any atom is 0.358 e. The molecule has 0 amide bonds. The Hall–Kier alpha value is -1.21. The molecule has 0 heterocycles. The van der Waals surface area contributed by atoms with Gasteiger partial charge in [-0.05, 0) is 13.6 Å². The molecule has 0 saturated carbocycles. The normalized spacial score (nSPS) is 13.5. The summed E-state index contributed by atoms with van der Waals surface area (Å²) in [6.07, 6.45) is 0.970. The van der Waals surface area contributed by atoms with E-state index in [1.54, 1.807) is 0 Å². The quantitative estimate of drug-likeness (QED) is 0.243. The van der Waals surface area contributed by atoms with Gasteiger partial charge in [-0.25, -0.2) is 18.2 Å². The number of halogens is 1. The lowest BCUT2D eigenvalue weighted by atomic mass is 10.5. The fourth-order valence-corrected chi connectivity index (χ4v) is 0.853. The molecule has 0 aliphatic heterocycles. The lowest BCUT2D eigenvalue weighted by Crippen LogP contribution is -2.08. The first-order valence-corrected chi connectivity index (χ1v) is 5.88. The van der Waals surface area contributed by atoms with E-state index in [1.807, 2.05) is 0 Å². The van der Waals surface area contributed by atoms with Crippen LogP contribution in [0.3, 0.4) is 0 Å². The maximum atomic E-state index is 11.0. The number of esters is 1. The number of aliphatic imine (C=N–C) groups is 2. The summed E-state index contributed by atoms with van der Waals surface area (Å²) in [4.78, 5) is 17.8. The predicted octanol–water partition coefficient (Wildman–Crippen LogP) is 0.688. The minimum absolute atomic E-state index is 0.297. The lowest BCUT2D eigenvalue weighted by Gasteiger charge is -1.99. The summed E-state index contributed by atoms with van der Waals surface area (Å²) < 4.78 is 25.9. The van der Waals surface area contributed by atoms with E-state index >= 15 is 0 Å². The average molecular weight is 253 g/mol. The molecule has 0 spiro atoms. The van der Waals surface area contributed by atoms with Gasteiger partial charge in [0.1, 0.15) is 5.04 Å². The highest BCUT2D eigenvalue weighted by Crippen LogP contribution is 2.06. The van der Waals surface area contributed by atoms with Crippen LogP contribution in [0.4, 0.5) is 0 Å². The molecule has 0 radical (unpaired) electrons. The van der Waals surface area contributed by atoms with Crippen LogP contribution in [0.1, 0.15) is 6.92 Å². The minimum atomic E-state index is -3.95. The van der Waals surface area contributed by atoms with E-state index in [9.17, 15) is 13.2 Å². The zero-order chi connectivity index (χ0) is 12.1. The van der Waals surface area contributed by atoms with Gasteiger partial charge in [0.05, 0.1) is 13.3 Å². The highest BCUT2D eigenvalue weighted by Gasteiger charge is 2.14. The Morgan fingerprint density at radius 2 is 2.07 bits per heavy atom. The van der Waals surface area contributed by atoms with Crippen LogP contribution >= 0.6 is 10.7 Å². The molecule has 0 aliphatic rings. The molecule has 0 unspecified atom stereocenters. The molecule has 0 aromatic rings. The highest BCUT2D eigenvalue weighted by molar-refractivity contribution is 8.25. The summed E-state index contributed by atoms with van der Waals surface area (Å²) in [5.41, 5.74) is -0.297. The molecular weight excluding hydrogens is 244 g/mol. The van der Waals surface area contributed by atoms with Gasteiger partial charge < -0.3 is 4.74 Å². The second-order valence-electron chi connectivity index (χ2n) is 2.26. The van der Waals surface area contributed by atoms with Crippen molar-refractivity contribution in [3.05, 3.63) is 11.9 Å². The summed E-state index contributed by atoms with van der Waals surface area (Å²) in [5, 5.41) is -0.426. The van der Waals surface area contributed by atoms with Crippen LogP contribution in [-0.4, -0.2) is 33.3 Å². The van der Waals surface area contributed by atoms with Crippen LogP contribution in [0.5, 0.6) is 0 Å². The Bertz CT molecular complexity index is 424. The van der Waals surface area contributed by atoms with Crippen LogP contribution in [0.25, 0.3) is 0 Å². The van der Waals surface area contributed by atoms with Crippen LogP contribution in [-0.2, 0) is 18.6 Å². The average Bonchev–Trinajstić information content (AvgIpc) is 2.14. The van der Waals surface area contributed by atoms with Gasteiger partial charge in [0.25, 0.3) is 9.05 Å². The Morgan fingerprint density at radius 3 is 2.40 bits per heavy atom. The van der Waals surface area contributed by atoms with Crippen molar-refractivity contribution < 1.29 is 17.9 Å². The highest BCUT2D eigenvalue weighted by atomic mass is 35.7. The third-order valence-electron chi connectivity index (χ3n) is 1.24. The first-order valence-electron chi connectivity index (χ1n) is 3.57. The topological polar surface area (TPSA) is 85.2 Å². The largest absolute Gasteiger partial charge is 0.464 e. The van der Waals surface area contributed by atoms with E-state index < -0.39 is 20.1 Å². The number of hydrogen-bond acceptors (Lipinski definition) is 6. The fourth-order valence-electron chi connectivity index (χ4n) is 0.542. The van der Waals surface area contributed by atoms with Crippen LogP contribution < -0.4 is 0 Å². The third kappa shape index (κ3) is 4.71. The SMILES string of the molecule is C=N/C=C(\N=C(/C)S(=O)(=O)Cl)C(=O)OC. The van der Waals surface area contributed by atoms with Crippen molar-refractivity contribution >= 4 is 37.5 Å². The molecular formula is C7H9ClN2O4S. The summed E-state index contributed by atoms with van der Waals surface area (Å²) in [5.74, 6) is -0.831. The Balaban J connectivity index is 5.27. The molecule has 0 rings (SSSR count). The minimum Gasteiger partial charge on any atom is -0.464 e. The summed E-state index contributed by atoms with van der Waals surface area (Å²) in [6.45, 7) is 4.24. The van der Waals surface area contributed by atoms with Crippen molar-refractivity contribution in [3.8, 4) is 0 Å². The van der Waals surface area contributed by atoms with Crippen LogP contribution in [0.2, 0.25) is 0 Å². The number of nitrogens with zero attached hydrogens (tertiary/aromatic N) is 2. The number of ether oxygens (including phenoxy) is 1. The van der Waals surface area contributed by atoms with Crippen molar-refractivity contribution in [3.63, 3.8) is 0 Å². The molecule has 6 nitrogen and oxygen atoms in total. The molecule has 0 aromatic heterocycles. The van der Waals surface area contributed by atoms with Crippen molar-refractivity contribution in [1.82, 2.24) is 0 Å². The van der Waals surface area contributed by atoms with Crippen molar-refractivity contribution in [2.45, 2.75) is 6.92 Å². The standard InChI is InChI=1S/C7H9ClN2O4S/c1-5(15(8,12)13)10-6(4-9-2)7(11)14-3/h4H,2H2,1,3H3/b6-4-,10-5+. The van der Waals surface area contributed by atoms with Gasteiger partial charge in [-0.15, -0.1) is 0 Å². The number of methoxy groups -OCH3 is 1. The van der Waals surface area contributed by atoms with Crippen molar-refractivity contribution in [2.75, 3.05) is 7.11 Å². The van der Waals surface area contributed by atoms with Gasteiger partial charge >= 0.3 is 5.97 Å². The van der Waals surface area contributed by atoms with Gasteiger partial charge in [0.2, 0.25) is 0 Å². The van der Waals surface area contributed by atoms with E-state index in [0.717, 1.165) is 20.2 Å².